The highest BCUT2D eigenvalue weighted by atomic mass is 35.5. The molecule has 0 aliphatic carbocycles. The number of carbonyl (C=O) groups excluding carboxylic acids is 1. The van der Waals surface area contributed by atoms with Crippen LogP contribution in [0.5, 0.6) is 0 Å². The van der Waals surface area contributed by atoms with Gasteiger partial charge in [-0.25, -0.2) is 0 Å². The minimum atomic E-state index is -0.105. The van der Waals surface area contributed by atoms with E-state index in [-0.39, 0.29) is 24.4 Å². The number of hydrogen-bond donors (Lipinski definition) is 2. The Morgan fingerprint density at radius 3 is 2.87 bits per heavy atom. The van der Waals surface area contributed by atoms with E-state index in [1.54, 1.807) is 13.0 Å². The molecule has 1 amide bonds. The first-order valence-electron chi connectivity index (χ1n) is 7.56. The number of aromatic nitrogens is 2. The molecule has 1 aromatic carbocycles. The third-order valence-corrected chi connectivity index (χ3v) is 4.07. The molecule has 1 aliphatic heterocycles. The van der Waals surface area contributed by atoms with Gasteiger partial charge in [0, 0.05) is 12.6 Å². The van der Waals surface area contributed by atoms with Crippen molar-refractivity contribution in [1.29, 1.82) is 0 Å². The van der Waals surface area contributed by atoms with Gasteiger partial charge in [-0.05, 0) is 37.9 Å². The maximum absolute atomic E-state index is 12.6. The fourth-order valence-electron chi connectivity index (χ4n) is 2.70. The summed E-state index contributed by atoms with van der Waals surface area (Å²) < 4.78 is 5.20. The van der Waals surface area contributed by atoms with Gasteiger partial charge in [-0.3, -0.25) is 4.79 Å². The lowest BCUT2D eigenvalue weighted by Crippen LogP contribution is -2.50. The van der Waals surface area contributed by atoms with Crippen LogP contribution in [0.15, 0.2) is 28.8 Å². The molecule has 1 aromatic heterocycles. The highest BCUT2D eigenvalue weighted by Gasteiger charge is 2.24. The zero-order valence-corrected chi connectivity index (χ0v) is 14.0. The monoisotopic (exact) mass is 336 g/mol. The Morgan fingerprint density at radius 2 is 2.17 bits per heavy atom. The van der Waals surface area contributed by atoms with E-state index >= 15 is 0 Å². The van der Waals surface area contributed by atoms with Crippen LogP contribution in [0.4, 0.5) is 0 Å². The standard InChI is InChI=1S/C16H20N4O2.ClH/c1-10-7-8-17-9-14(10)19-15(21)12-5-3-4-6-13(12)16-18-11(2)20-22-16;/h3-6,10,14,17H,7-9H2,1-2H3,(H,19,21);1H. The largest absolute Gasteiger partial charge is 0.348 e. The van der Waals surface area contributed by atoms with Gasteiger partial charge in [-0.1, -0.05) is 24.2 Å². The van der Waals surface area contributed by atoms with E-state index in [0.29, 0.717) is 28.8 Å². The molecular formula is C16H21ClN4O2. The number of benzene rings is 1. The first-order valence-corrected chi connectivity index (χ1v) is 7.56. The van der Waals surface area contributed by atoms with Crippen molar-refractivity contribution >= 4 is 18.3 Å². The normalized spacial score (nSPS) is 20.6. The van der Waals surface area contributed by atoms with Gasteiger partial charge in [0.1, 0.15) is 0 Å². The number of carbonyl (C=O) groups is 1. The molecule has 2 atom stereocenters. The highest BCUT2D eigenvalue weighted by molar-refractivity contribution is 6.00. The number of nitrogens with zero attached hydrogens (tertiary/aromatic N) is 2. The summed E-state index contributed by atoms with van der Waals surface area (Å²) in [4.78, 5) is 16.8. The van der Waals surface area contributed by atoms with Crippen LogP contribution in [0.3, 0.4) is 0 Å². The van der Waals surface area contributed by atoms with Gasteiger partial charge < -0.3 is 15.2 Å². The van der Waals surface area contributed by atoms with E-state index in [2.05, 4.69) is 27.7 Å². The third kappa shape index (κ3) is 3.89. The second-order valence-corrected chi connectivity index (χ2v) is 5.74. The predicted octanol–water partition coefficient (Wildman–Crippen LogP) is 2.19. The van der Waals surface area contributed by atoms with Gasteiger partial charge in [0.15, 0.2) is 5.82 Å². The Kier molecular flexibility index (Phi) is 5.74. The number of amides is 1. The predicted molar refractivity (Wildman–Crippen MR) is 89.6 cm³/mol. The molecule has 0 saturated carbocycles. The van der Waals surface area contributed by atoms with E-state index in [9.17, 15) is 4.79 Å². The van der Waals surface area contributed by atoms with Crippen molar-refractivity contribution in [3.63, 3.8) is 0 Å². The topological polar surface area (TPSA) is 80.0 Å². The molecule has 1 fully saturated rings. The number of hydrogen-bond acceptors (Lipinski definition) is 5. The van der Waals surface area contributed by atoms with Gasteiger partial charge in [0.05, 0.1) is 11.1 Å². The Hall–Kier alpha value is -1.92. The van der Waals surface area contributed by atoms with E-state index < -0.39 is 0 Å². The molecule has 1 aliphatic rings. The fraction of sp³-hybridized carbons (Fsp3) is 0.438. The maximum atomic E-state index is 12.6. The van der Waals surface area contributed by atoms with Gasteiger partial charge in [0.25, 0.3) is 11.8 Å². The van der Waals surface area contributed by atoms with Crippen molar-refractivity contribution in [1.82, 2.24) is 20.8 Å². The summed E-state index contributed by atoms with van der Waals surface area (Å²) in [7, 11) is 0. The second kappa shape index (κ2) is 7.57. The minimum absolute atomic E-state index is 0. The van der Waals surface area contributed by atoms with Crippen LogP contribution in [-0.2, 0) is 0 Å². The van der Waals surface area contributed by atoms with Gasteiger partial charge in [-0.2, -0.15) is 4.98 Å². The Balaban J connectivity index is 0.00000192. The molecule has 0 spiro atoms. The van der Waals surface area contributed by atoms with Crippen LogP contribution in [0.1, 0.15) is 29.5 Å². The summed E-state index contributed by atoms with van der Waals surface area (Å²) in [6.45, 7) is 5.73. The number of nitrogens with one attached hydrogen (secondary N) is 2. The Morgan fingerprint density at radius 1 is 1.39 bits per heavy atom. The molecular weight excluding hydrogens is 316 g/mol. The Labute approximate surface area is 141 Å². The number of aryl methyl sites for hydroxylation is 1. The van der Waals surface area contributed by atoms with Crippen LogP contribution in [0, 0.1) is 12.8 Å². The summed E-state index contributed by atoms with van der Waals surface area (Å²) in [6.07, 6.45) is 1.06. The van der Waals surface area contributed by atoms with E-state index in [1.165, 1.54) is 0 Å². The SMILES string of the molecule is Cc1noc(-c2ccccc2C(=O)NC2CNCCC2C)n1.Cl. The first-order chi connectivity index (χ1) is 10.6. The van der Waals surface area contributed by atoms with E-state index in [0.717, 1.165) is 19.5 Å². The first kappa shape index (κ1) is 17.4. The van der Waals surface area contributed by atoms with Crippen LogP contribution >= 0.6 is 12.4 Å². The van der Waals surface area contributed by atoms with Crippen LogP contribution in [-0.4, -0.2) is 35.2 Å². The molecule has 23 heavy (non-hydrogen) atoms. The van der Waals surface area contributed by atoms with Crippen molar-refractivity contribution in [3.05, 3.63) is 35.7 Å². The molecule has 6 nitrogen and oxygen atoms in total. The number of piperidine rings is 1. The van der Waals surface area contributed by atoms with Gasteiger partial charge in [0.2, 0.25) is 0 Å². The molecule has 0 radical (unpaired) electrons. The average molecular weight is 337 g/mol. The quantitative estimate of drug-likeness (QED) is 0.898. The zero-order valence-electron chi connectivity index (χ0n) is 13.2. The molecule has 3 rings (SSSR count). The van der Waals surface area contributed by atoms with Crippen LogP contribution in [0.2, 0.25) is 0 Å². The lowest BCUT2D eigenvalue weighted by molar-refractivity contribution is 0.0915. The van der Waals surface area contributed by atoms with Crippen molar-refractivity contribution < 1.29 is 9.32 Å². The summed E-state index contributed by atoms with van der Waals surface area (Å²) in [5.74, 6) is 1.28. The number of halogens is 1. The van der Waals surface area contributed by atoms with Crippen molar-refractivity contribution in [2.45, 2.75) is 26.3 Å². The highest BCUT2D eigenvalue weighted by Crippen LogP contribution is 2.22. The van der Waals surface area contributed by atoms with Crippen molar-refractivity contribution in [2.75, 3.05) is 13.1 Å². The maximum Gasteiger partial charge on any atom is 0.258 e. The molecule has 1 saturated heterocycles. The molecule has 2 N–H and O–H groups in total. The minimum Gasteiger partial charge on any atom is -0.348 e. The number of rotatable bonds is 3. The summed E-state index contributed by atoms with van der Waals surface area (Å²) in [6, 6.07) is 7.44. The Bertz CT molecular complexity index is 674. The van der Waals surface area contributed by atoms with Crippen LogP contribution in [0.25, 0.3) is 11.5 Å². The summed E-state index contributed by atoms with van der Waals surface area (Å²) in [5, 5.41) is 10.2. The smallest absolute Gasteiger partial charge is 0.258 e. The van der Waals surface area contributed by atoms with Crippen molar-refractivity contribution in [3.8, 4) is 11.5 Å². The molecule has 124 valence electrons. The fourth-order valence-corrected chi connectivity index (χ4v) is 2.70. The summed E-state index contributed by atoms with van der Waals surface area (Å²) in [5.41, 5.74) is 1.22. The molecule has 2 unspecified atom stereocenters. The van der Waals surface area contributed by atoms with E-state index in [4.69, 9.17) is 4.52 Å². The lowest BCUT2D eigenvalue weighted by Gasteiger charge is -2.30. The molecule has 2 heterocycles. The second-order valence-electron chi connectivity index (χ2n) is 5.74. The summed E-state index contributed by atoms with van der Waals surface area (Å²) >= 11 is 0. The van der Waals surface area contributed by atoms with Gasteiger partial charge in [-0.15, -0.1) is 12.4 Å². The van der Waals surface area contributed by atoms with Crippen molar-refractivity contribution in [2.24, 2.45) is 5.92 Å². The van der Waals surface area contributed by atoms with E-state index in [1.807, 2.05) is 18.2 Å². The zero-order chi connectivity index (χ0) is 15.5. The third-order valence-electron chi connectivity index (χ3n) is 4.07. The van der Waals surface area contributed by atoms with Gasteiger partial charge >= 0.3 is 0 Å². The molecule has 2 aromatic rings. The van der Waals surface area contributed by atoms with Crippen LogP contribution < -0.4 is 10.6 Å². The molecule has 0 bridgehead atoms. The molecule has 7 heteroatoms. The average Bonchev–Trinajstić information content (AvgIpc) is 2.96. The lowest BCUT2D eigenvalue weighted by atomic mass is 9.94.